The van der Waals surface area contributed by atoms with Crippen molar-refractivity contribution in [1.29, 1.82) is 0 Å². The van der Waals surface area contributed by atoms with E-state index in [2.05, 4.69) is 0 Å². The molecule has 6 heteroatoms. The van der Waals surface area contributed by atoms with E-state index in [1.165, 1.54) is 11.8 Å². The molecule has 2 atom stereocenters. The van der Waals surface area contributed by atoms with Gasteiger partial charge in [-0.3, -0.25) is 9.69 Å². The van der Waals surface area contributed by atoms with E-state index in [4.69, 9.17) is 5.11 Å². The van der Waals surface area contributed by atoms with Gasteiger partial charge in [-0.2, -0.15) is 0 Å². The molecule has 14 heavy (non-hydrogen) atoms. The zero-order chi connectivity index (χ0) is 10.5. The molecular formula is C8H9NO4S. The Morgan fingerprint density at radius 1 is 1.64 bits per heavy atom. The van der Waals surface area contributed by atoms with E-state index in [-0.39, 0.29) is 5.70 Å². The van der Waals surface area contributed by atoms with Crippen molar-refractivity contribution < 1.29 is 19.8 Å². The summed E-state index contributed by atoms with van der Waals surface area (Å²) in [7, 11) is 0. The van der Waals surface area contributed by atoms with Crippen molar-refractivity contribution in [3.8, 4) is 0 Å². The van der Waals surface area contributed by atoms with Gasteiger partial charge in [0.05, 0.1) is 0 Å². The standard InChI is InChI=1S/C8H9NO4S/c1-2-3-4(8(12)13)9-6(11)5(10)7(9)14-3/h5,7,10H,2H2,1H3,(H,12,13)/t5-,7+/m0/s1. The Balaban J connectivity index is 2.34. The van der Waals surface area contributed by atoms with Crippen LogP contribution in [0.3, 0.4) is 0 Å². The molecule has 2 rings (SSSR count). The van der Waals surface area contributed by atoms with E-state index in [0.29, 0.717) is 11.3 Å². The molecule has 1 amide bonds. The van der Waals surface area contributed by atoms with Crippen LogP contribution < -0.4 is 0 Å². The molecule has 2 heterocycles. The first-order chi connectivity index (χ1) is 6.57. The number of aliphatic hydroxyl groups is 1. The SMILES string of the molecule is CCC1=C(C(=O)O)N2C(=O)[C@H](O)[C@H]2S1. The average molecular weight is 215 g/mol. The number of carboxylic acids is 1. The van der Waals surface area contributed by atoms with E-state index in [0.717, 1.165) is 4.90 Å². The molecular weight excluding hydrogens is 206 g/mol. The van der Waals surface area contributed by atoms with Gasteiger partial charge in [0.15, 0.2) is 6.10 Å². The maximum atomic E-state index is 11.2. The Morgan fingerprint density at radius 3 is 2.79 bits per heavy atom. The van der Waals surface area contributed by atoms with E-state index in [9.17, 15) is 14.7 Å². The number of β-lactam (4-membered cyclic amide) rings is 1. The lowest BCUT2D eigenvalue weighted by molar-refractivity contribution is -0.158. The van der Waals surface area contributed by atoms with Gasteiger partial charge in [-0.05, 0) is 6.42 Å². The molecule has 5 nitrogen and oxygen atoms in total. The first-order valence-electron chi connectivity index (χ1n) is 4.22. The van der Waals surface area contributed by atoms with Crippen molar-refractivity contribution in [3.63, 3.8) is 0 Å². The molecule has 0 aromatic heterocycles. The predicted octanol–water partition coefficient (Wildman–Crippen LogP) is -0.0314. The number of aliphatic carboxylic acids is 1. The van der Waals surface area contributed by atoms with Gasteiger partial charge in [0, 0.05) is 4.91 Å². The highest BCUT2D eigenvalue weighted by atomic mass is 32.2. The molecule has 0 aliphatic carbocycles. The second kappa shape index (κ2) is 2.99. The summed E-state index contributed by atoms with van der Waals surface area (Å²) in [5, 5.41) is 17.7. The van der Waals surface area contributed by atoms with Crippen LogP contribution in [0.1, 0.15) is 13.3 Å². The van der Waals surface area contributed by atoms with Crippen LogP contribution in [0.4, 0.5) is 0 Å². The van der Waals surface area contributed by atoms with Crippen LogP contribution in [-0.4, -0.2) is 38.5 Å². The van der Waals surface area contributed by atoms with Gasteiger partial charge in [-0.1, -0.05) is 18.7 Å². The normalized spacial score (nSPS) is 30.4. The van der Waals surface area contributed by atoms with Crippen LogP contribution in [0.5, 0.6) is 0 Å². The quantitative estimate of drug-likeness (QED) is 0.632. The number of carboxylic acid groups (broad SMARTS) is 1. The van der Waals surface area contributed by atoms with Gasteiger partial charge in [0.25, 0.3) is 5.91 Å². The molecule has 1 fully saturated rings. The topological polar surface area (TPSA) is 77.8 Å². The Kier molecular flexibility index (Phi) is 2.04. The van der Waals surface area contributed by atoms with Crippen LogP contribution in [0.25, 0.3) is 0 Å². The maximum absolute atomic E-state index is 11.2. The fourth-order valence-electron chi connectivity index (χ4n) is 1.61. The van der Waals surface area contributed by atoms with Crippen molar-refractivity contribution in [1.82, 2.24) is 4.90 Å². The van der Waals surface area contributed by atoms with Gasteiger partial charge in [0.2, 0.25) is 0 Å². The second-order valence-corrected chi connectivity index (χ2v) is 4.30. The Morgan fingerprint density at radius 2 is 2.29 bits per heavy atom. The number of amides is 1. The minimum Gasteiger partial charge on any atom is -0.477 e. The number of carbonyl (C=O) groups excluding carboxylic acids is 1. The van der Waals surface area contributed by atoms with E-state index in [1.807, 2.05) is 6.92 Å². The smallest absolute Gasteiger partial charge is 0.353 e. The van der Waals surface area contributed by atoms with Gasteiger partial charge < -0.3 is 10.2 Å². The van der Waals surface area contributed by atoms with Crippen LogP contribution in [0.15, 0.2) is 10.6 Å². The number of allylic oxidation sites excluding steroid dienone is 1. The molecule has 0 saturated carbocycles. The molecule has 0 spiro atoms. The van der Waals surface area contributed by atoms with Crippen LogP contribution in [-0.2, 0) is 9.59 Å². The minimum atomic E-state index is -1.10. The van der Waals surface area contributed by atoms with Gasteiger partial charge in [-0.15, -0.1) is 0 Å². The summed E-state index contributed by atoms with van der Waals surface area (Å²) in [6, 6.07) is 0. The molecule has 1 saturated heterocycles. The number of rotatable bonds is 2. The van der Waals surface area contributed by atoms with Crippen LogP contribution in [0.2, 0.25) is 0 Å². The molecule has 76 valence electrons. The molecule has 0 aromatic rings. The molecule has 0 aromatic carbocycles. The van der Waals surface area contributed by atoms with Crippen molar-refractivity contribution >= 4 is 23.6 Å². The highest BCUT2D eigenvalue weighted by Crippen LogP contribution is 2.47. The summed E-state index contributed by atoms with van der Waals surface area (Å²) in [4.78, 5) is 23.9. The van der Waals surface area contributed by atoms with Gasteiger partial charge >= 0.3 is 5.97 Å². The predicted molar refractivity (Wildman–Crippen MR) is 49.2 cm³/mol. The Hall–Kier alpha value is -1.01. The summed E-state index contributed by atoms with van der Waals surface area (Å²) < 4.78 is 0. The number of carbonyl (C=O) groups is 2. The average Bonchev–Trinajstić information content (AvgIpc) is 2.52. The number of fused-ring (bicyclic) bond motifs is 1. The van der Waals surface area contributed by atoms with Crippen molar-refractivity contribution in [3.05, 3.63) is 10.6 Å². The van der Waals surface area contributed by atoms with Crippen molar-refractivity contribution in [2.75, 3.05) is 0 Å². The summed E-state index contributed by atoms with van der Waals surface area (Å²) in [5.74, 6) is -1.61. The van der Waals surface area contributed by atoms with Crippen LogP contribution in [0, 0.1) is 0 Å². The number of nitrogens with zero attached hydrogens (tertiary/aromatic N) is 1. The summed E-state index contributed by atoms with van der Waals surface area (Å²) in [5.41, 5.74) is 0.0396. The zero-order valence-electron chi connectivity index (χ0n) is 7.43. The summed E-state index contributed by atoms with van der Waals surface area (Å²) >= 11 is 1.26. The zero-order valence-corrected chi connectivity index (χ0v) is 8.24. The monoisotopic (exact) mass is 215 g/mol. The molecule has 0 unspecified atom stereocenters. The molecule has 2 aliphatic rings. The Bertz CT molecular complexity index is 351. The van der Waals surface area contributed by atoms with Gasteiger partial charge in [-0.25, -0.2) is 4.79 Å². The van der Waals surface area contributed by atoms with E-state index < -0.39 is 23.4 Å². The fourth-order valence-corrected chi connectivity index (χ4v) is 2.93. The lowest BCUT2D eigenvalue weighted by atomic mass is 10.1. The first-order valence-corrected chi connectivity index (χ1v) is 5.10. The third-order valence-corrected chi connectivity index (χ3v) is 3.78. The first kappa shape index (κ1) is 9.54. The fraction of sp³-hybridized carbons (Fsp3) is 0.500. The molecule has 0 radical (unpaired) electrons. The lowest BCUT2D eigenvalue weighted by Crippen LogP contribution is -2.61. The summed E-state index contributed by atoms with van der Waals surface area (Å²) in [6.07, 6.45) is -0.474. The third kappa shape index (κ3) is 1.01. The van der Waals surface area contributed by atoms with Crippen molar-refractivity contribution in [2.45, 2.75) is 24.8 Å². The molecule has 2 N–H and O–H groups in total. The lowest BCUT2D eigenvalue weighted by Gasteiger charge is -2.38. The molecule has 2 aliphatic heterocycles. The number of thioether (sulfide) groups is 1. The minimum absolute atomic E-state index is 0.0396. The largest absolute Gasteiger partial charge is 0.477 e. The van der Waals surface area contributed by atoms with E-state index >= 15 is 0 Å². The van der Waals surface area contributed by atoms with Crippen LogP contribution >= 0.6 is 11.8 Å². The highest BCUT2D eigenvalue weighted by molar-refractivity contribution is 8.04. The maximum Gasteiger partial charge on any atom is 0.353 e. The number of hydrogen-bond acceptors (Lipinski definition) is 4. The van der Waals surface area contributed by atoms with Crippen molar-refractivity contribution in [2.24, 2.45) is 0 Å². The molecule has 0 bridgehead atoms. The van der Waals surface area contributed by atoms with Gasteiger partial charge in [0.1, 0.15) is 11.1 Å². The third-order valence-electron chi connectivity index (χ3n) is 2.31. The Labute approximate surface area is 84.4 Å². The second-order valence-electron chi connectivity index (χ2n) is 3.09. The number of aliphatic hydroxyl groups excluding tert-OH is 1. The van der Waals surface area contributed by atoms with E-state index in [1.54, 1.807) is 0 Å². The summed E-state index contributed by atoms with van der Waals surface area (Å²) in [6.45, 7) is 1.83. The number of hydrogen-bond donors (Lipinski definition) is 2. The highest BCUT2D eigenvalue weighted by Gasteiger charge is 2.55.